The number of rotatable bonds is 7. The average Bonchev–Trinajstić information content (AvgIpc) is 3.04. The molecule has 0 fully saturated rings. The van der Waals surface area contributed by atoms with Crippen molar-refractivity contribution in [3.63, 3.8) is 0 Å². The molecule has 3 aromatic rings. The molecule has 3 N–H and O–H groups in total. The molecule has 130 valence electrons. The molecule has 0 bridgehead atoms. The Morgan fingerprint density at radius 2 is 1.88 bits per heavy atom. The Bertz CT molecular complexity index is 837. The summed E-state index contributed by atoms with van der Waals surface area (Å²) in [7, 11) is 1.57. The fourth-order valence-electron chi connectivity index (χ4n) is 2.16. The maximum atomic E-state index is 12.9. The monoisotopic (exact) mass is 344 g/mol. The van der Waals surface area contributed by atoms with Crippen LogP contribution in [0.2, 0.25) is 0 Å². The molecule has 0 atom stereocenters. The maximum absolute atomic E-state index is 12.9. The highest BCUT2D eigenvalue weighted by molar-refractivity contribution is 5.43. The van der Waals surface area contributed by atoms with Gasteiger partial charge in [0.1, 0.15) is 12.4 Å². The molecule has 9 heteroatoms. The summed E-state index contributed by atoms with van der Waals surface area (Å²) in [5.74, 6) is 1.08. The van der Waals surface area contributed by atoms with E-state index in [9.17, 15) is 4.39 Å². The third-order valence-electron chi connectivity index (χ3n) is 3.46. The van der Waals surface area contributed by atoms with E-state index >= 15 is 0 Å². The summed E-state index contributed by atoms with van der Waals surface area (Å²) < 4.78 is 24.0. The molecule has 3 rings (SSSR count). The van der Waals surface area contributed by atoms with E-state index in [1.54, 1.807) is 19.2 Å². The van der Waals surface area contributed by atoms with Crippen LogP contribution >= 0.6 is 0 Å². The minimum absolute atomic E-state index is 0.172. The minimum Gasteiger partial charge on any atom is -0.493 e. The number of tetrazole rings is 1. The van der Waals surface area contributed by atoms with Crippen LogP contribution in [0.1, 0.15) is 11.1 Å². The van der Waals surface area contributed by atoms with Gasteiger partial charge in [0.05, 0.1) is 13.7 Å². The number of nitrogens with one attached hydrogen (secondary N) is 1. The largest absolute Gasteiger partial charge is 0.493 e. The molecule has 0 aliphatic carbocycles. The van der Waals surface area contributed by atoms with Crippen molar-refractivity contribution in [3.8, 4) is 11.5 Å². The first-order valence-corrected chi connectivity index (χ1v) is 7.47. The first-order chi connectivity index (χ1) is 12.2. The first kappa shape index (κ1) is 16.5. The molecular weight excluding hydrogens is 327 g/mol. The normalized spacial score (nSPS) is 10.5. The van der Waals surface area contributed by atoms with Crippen molar-refractivity contribution >= 4 is 5.95 Å². The van der Waals surface area contributed by atoms with Crippen molar-refractivity contribution in [3.05, 3.63) is 59.4 Å². The second kappa shape index (κ2) is 7.47. The highest BCUT2D eigenvalue weighted by Gasteiger charge is 2.07. The number of aromatic nitrogens is 4. The molecule has 0 saturated heterocycles. The van der Waals surface area contributed by atoms with E-state index in [1.165, 1.54) is 16.9 Å². The van der Waals surface area contributed by atoms with Crippen LogP contribution in [0.25, 0.3) is 0 Å². The van der Waals surface area contributed by atoms with Gasteiger partial charge in [-0.15, -0.1) is 4.79 Å². The Morgan fingerprint density at radius 1 is 1.12 bits per heavy atom. The van der Waals surface area contributed by atoms with Crippen molar-refractivity contribution < 1.29 is 13.9 Å². The zero-order valence-electron chi connectivity index (χ0n) is 13.5. The molecule has 0 unspecified atom stereocenters. The predicted molar refractivity (Wildman–Crippen MR) is 89.0 cm³/mol. The van der Waals surface area contributed by atoms with E-state index in [0.29, 0.717) is 24.7 Å². The number of benzene rings is 2. The Kier molecular flexibility index (Phi) is 4.93. The third-order valence-corrected chi connectivity index (χ3v) is 3.46. The molecule has 25 heavy (non-hydrogen) atoms. The molecule has 1 heterocycles. The molecular formula is C16H17FN6O2. The van der Waals surface area contributed by atoms with E-state index in [2.05, 4.69) is 21.0 Å². The minimum atomic E-state index is -0.276. The molecule has 0 aliphatic heterocycles. The smallest absolute Gasteiger partial charge is 0.260 e. The lowest BCUT2D eigenvalue weighted by Crippen LogP contribution is -2.18. The van der Waals surface area contributed by atoms with E-state index in [-0.39, 0.29) is 11.8 Å². The van der Waals surface area contributed by atoms with Gasteiger partial charge >= 0.3 is 0 Å². The van der Waals surface area contributed by atoms with E-state index < -0.39 is 0 Å². The summed E-state index contributed by atoms with van der Waals surface area (Å²) in [5.41, 5.74) is 10.3. The van der Waals surface area contributed by atoms with Crippen LogP contribution in [-0.4, -0.2) is 27.4 Å². The molecule has 0 saturated carbocycles. The van der Waals surface area contributed by atoms with Crippen LogP contribution in [0.15, 0.2) is 42.5 Å². The summed E-state index contributed by atoms with van der Waals surface area (Å²) in [6.07, 6.45) is 0. The average molecular weight is 344 g/mol. The summed E-state index contributed by atoms with van der Waals surface area (Å²) >= 11 is 0. The summed E-state index contributed by atoms with van der Waals surface area (Å²) in [6.45, 7) is 0.763. The fraction of sp³-hybridized carbons (Fsp3) is 0.188. The van der Waals surface area contributed by atoms with Crippen LogP contribution in [0, 0.1) is 5.82 Å². The van der Waals surface area contributed by atoms with Gasteiger partial charge < -0.3 is 20.6 Å². The van der Waals surface area contributed by atoms with Crippen LogP contribution in [0.4, 0.5) is 10.3 Å². The zero-order valence-corrected chi connectivity index (χ0v) is 13.5. The van der Waals surface area contributed by atoms with Gasteiger partial charge in [-0.3, -0.25) is 0 Å². The van der Waals surface area contributed by atoms with Gasteiger partial charge in [0.25, 0.3) is 5.95 Å². The van der Waals surface area contributed by atoms with Crippen molar-refractivity contribution in [2.75, 3.05) is 18.3 Å². The number of methoxy groups -OCH3 is 1. The standard InChI is InChI=1S/C16H17FN6O2/c1-24-15-8-12(9-19-23-16(18)20-21-22-23)4-7-14(15)25-10-11-2-5-13(17)6-3-11/h2-8,19H,9-10H2,1H3,(H2,18,20,22). The number of anilines is 1. The number of nitrogen functional groups attached to an aromatic ring is 1. The Morgan fingerprint density at radius 3 is 2.56 bits per heavy atom. The second-order valence-corrected chi connectivity index (χ2v) is 5.18. The SMILES string of the molecule is COc1cc(CNn2nnnc2N)ccc1OCc1ccc(F)cc1. The summed E-state index contributed by atoms with van der Waals surface area (Å²) in [5, 5.41) is 10.7. The molecule has 2 aromatic carbocycles. The predicted octanol–water partition coefficient (Wildman–Crippen LogP) is 1.73. The highest BCUT2D eigenvalue weighted by Crippen LogP contribution is 2.29. The molecule has 0 spiro atoms. The molecule has 1 aromatic heterocycles. The van der Waals surface area contributed by atoms with Gasteiger partial charge in [-0.2, -0.15) is 0 Å². The quantitative estimate of drug-likeness (QED) is 0.673. The summed E-state index contributed by atoms with van der Waals surface area (Å²) in [4.78, 5) is 1.28. The lowest BCUT2D eigenvalue weighted by molar-refractivity contribution is 0.284. The summed E-state index contributed by atoms with van der Waals surface area (Å²) in [6, 6.07) is 11.7. The van der Waals surface area contributed by atoms with Crippen molar-refractivity contribution in [2.45, 2.75) is 13.2 Å². The van der Waals surface area contributed by atoms with E-state index in [1.807, 2.05) is 18.2 Å². The molecule has 0 radical (unpaired) electrons. The topological polar surface area (TPSA) is 100 Å². The Labute approximate surface area is 143 Å². The van der Waals surface area contributed by atoms with E-state index in [0.717, 1.165) is 11.1 Å². The zero-order chi connectivity index (χ0) is 17.6. The van der Waals surface area contributed by atoms with Gasteiger partial charge in [0, 0.05) is 0 Å². The van der Waals surface area contributed by atoms with Crippen LogP contribution in [-0.2, 0) is 13.2 Å². The van der Waals surface area contributed by atoms with Crippen molar-refractivity contribution in [1.82, 2.24) is 20.3 Å². The van der Waals surface area contributed by atoms with Crippen molar-refractivity contribution in [2.24, 2.45) is 0 Å². The van der Waals surface area contributed by atoms with Crippen LogP contribution < -0.4 is 20.6 Å². The van der Waals surface area contributed by atoms with Gasteiger partial charge in [0.15, 0.2) is 11.5 Å². The number of nitrogens with two attached hydrogens (primary N) is 1. The lowest BCUT2D eigenvalue weighted by atomic mass is 10.2. The second-order valence-electron chi connectivity index (χ2n) is 5.18. The molecule has 8 nitrogen and oxygen atoms in total. The third kappa shape index (κ3) is 4.14. The number of hydrogen-bond donors (Lipinski definition) is 2. The van der Waals surface area contributed by atoms with Crippen LogP contribution in [0.3, 0.4) is 0 Å². The van der Waals surface area contributed by atoms with Gasteiger partial charge in [-0.1, -0.05) is 23.3 Å². The van der Waals surface area contributed by atoms with Gasteiger partial charge in [0.2, 0.25) is 0 Å². The fourth-order valence-corrected chi connectivity index (χ4v) is 2.16. The number of hydrogen-bond acceptors (Lipinski definition) is 7. The molecule has 0 amide bonds. The van der Waals surface area contributed by atoms with Crippen LogP contribution in [0.5, 0.6) is 11.5 Å². The number of nitrogens with zero attached hydrogens (tertiary/aromatic N) is 4. The Balaban J connectivity index is 1.64. The van der Waals surface area contributed by atoms with Gasteiger partial charge in [-0.25, -0.2) is 4.39 Å². The molecule has 0 aliphatic rings. The van der Waals surface area contributed by atoms with Crippen molar-refractivity contribution in [1.29, 1.82) is 0 Å². The lowest BCUT2D eigenvalue weighted by Gasteiger charge is -2.13. The number of halogens is 1. The Hall–Kier alpha value is -3.36. The maximum Gasteiger partial charge on any atom is 0.260 e. The van der Waals surface area contributed by atoms with Gasteiger partial charge in [-0.05, 0) is 45.8 Å². The first-order valence-electron chi connectivity index (χ1n) is 7.47. The van der Waals surface area contributed by atoms with E-state index in [4.69, 9.17) is 15.2 Å². The number of ether oxygens (including phenoxy) is 2. The highest BCUT2D eigenvalue weighted by atomic mass is 19.1.